The van der Waals surface area contributed by atoms with E-state index < -0.39 is 5.82 Å². The Morgan fingerprint density at radius 1 is 0.913 bits per heavy atom. The van der Waals surface area contributed by atoms with Gasteiger partial charge in [0.05, 0.1) is 0 Å². The van der Waals surface area contributed by atoms with Crippen molar-refractivity contribution in [2.45, 2.75) is 6.54 Å². The molecule has 1 amide bonds. The Kier molecular flexibility index (Phi) is 4.67. The number of halogens is 2. The first kappa shape index (κ1) is 15.6. The zero-order valence-electron chi connectivity index (χ0n) is 12.7. The first-order valence-corrected chi connectivity index (χ1v) is 7.63. The number of hydrogen-bond donors (Lipinski definition) is 0. The van der Waals surface area contributed by atoms with Crippen molar-refractivity contribution in [3.8, 4) is 0 Å². The van der Waals surface area contributed by atoms with Crippen LogP contribution >= 0.6 is 0 Å². The summed E-state index contributed by atoms with van der Waals surface area (Å²) in [4.78, 5) is 16.3. The molecule has 0 spiro atoms. The molecule has 1 heterocycles. The Labute approximate surface area is 134 Å². The van der Waals surface area contributed by atoms with Gasteiger partial charge in [-0.05, 0) is 35.9 Å². The summed E-state index contributed by atoms with van der Waals surface area (Å²) in [6, 6.07) is 12.3. The summed E-state index contributed by atoms with van der Waals surface area (Å²) in [6.07, 6.45) is 0. The largest absolute Gasteiger partial charge is 0.336 e. The highest BCUT2D eigenvalue weighted by Crippen LogP contribution is 2.13. The monoisotopic (exact) mass is 316 g/mol. The number of rotatable bonds is 3. The third kappa shape index (κ3) is 3.93. The number of hydrogen-bond acceptors (Lipinski definition) is 2. The van der Waals surface area contributed by atoms with Gasteiger partial charge >= 0.3 is 0 Å². The molecule has 1 aliphatic rings. The van der Waals surface area contributed by atoms with Crippen molar-refractivity contribution in [2.24, 2.45) is 0 Å². The molecule has 3 nitrogen and oxygen atoms in total. The third-order valence-corrected chi connectivity index (χ3v) is 4.05. The Balaban J connectivity index is 1.55. The molecular weight excluding hydrogens is 298 g/mol. The fraction of sp³-hybridized carbons (Fsp3) is 0.278. The number of amides is 1. The lowest BCUT2D eigenvalue weighted by Gasteiger charge is -2.34. The average Bonchev–Trinajstić information content (AvgIpc) is 2.57. The maximum atomic E-state index is 13.2. The van der Waals surface area contributed by atoms with Gasteiger partial charge in [0.1, 0.15) is 11.6 Å². The molecule has 0 aliphatic carbocycles. The number of piperazine rings is 1. The van der Waals surface area contributed by atoms with Crippen LogP contribution in [-0.4, -0.2) is 41.9 Å². The summed E-state index contributed by atoms with van der Waals surface area (Å²) in [6.45, 7) is 3.45. The van der Waals surface area contributed by atoms with Crippen LogP contribution < -0.4 is 0 Å². The SMILES string of the molecule is O=C(c1cccc(F)c1)N1CCN(Cc2ccc(F)cc2)CC1. The van der Waals surface area contributed by atoms with Crippen molar-refractivity contribution >= 4 is 5.91 Å². The lowest BCUT2D eigenvalue weighted by Crippen LogP contribution is -2.48. The van der Waals surface area contributed by atoms with Crippen molar-refractivity contribution in [1.29, 1.82) is 0 Å². The lowest BCUT2D eigenvalue weighted by atomic mass is 10.1. The highest BCUT2D eigenvalue weighted by atomic mass is 19.1. The molecular formula is C18H18F2N2O. The van der Waals surface area contributed by atoms with E-state index in [4.69, 9.17) is 0 Å². The molecule has 0 saturated carbocycles. The Hall–Kier alpha value is -2.27. The second-order valence-corrected chi connectivity index (χ2v) is 5.71. The molecule has 1 fully saturated rings. The Morgan fingerprint density at radius 3 is 2.26 bits per heavy atom. The molecule has 0 bridgehead atoms. The highest BCUT2D eigenvalue weighted by Gasteiger charge is 2.22. The van der Waals surface area contributed by atoms with E-state index in [0.29, 0.717) is 18.7 Å². The van der Waals surface area contributed by atoms with Gasteiger partial charge in [-0.3, -0.25) is 9.69 Å². The van der Waals surface area contributed by atoms with Crippen LogP contribution in [0.1, 0.15) is 15.9 Å². The number of carbonyl (C=O) groups excluding carboxylic acids is 1. The van der Waals surface area contributed by atoms with Gasteiger partial charge in [0.2, 0.25) is 0 Å². The van der Waals surface area contributed by atoms with E-state index in [1.54, 1.807) is 29.2 Å². The van der Waals surface area contributed by atoms with Gasteiger partial charge in [0, 0.05) is 38.3 Å². The van der Waals surface area contributed by atoms with E-state index in [-0.39, 0.29) is 11.7 Å². The number of nitrogens with zero attached hydrogens (tertiary/aromatic N) is 2. The predicted molar refractivity (Wildman–Crippen MR) is 84.0 cm³/mol. The predicted octanol–water partition coefficient (Wildman–Crippen LogP) is 2.92. The maximum Gasteiger partial charge on any atom is 0.254 e. The van der Waals surface area contributed by atoms with E-state index in [1.807, 2.05) is 0 Å². The summed E-state index contributed by atoms with van der Waals surface area (Å²) < 4.78 is 26.1. The van der Waals surface area contributed by atoms with Crippen LogP contribution in [0.3, 0.4) is 0 Å². The third-order valence-electron chi connectivity index (χ3n) is 4.05. The van der Waals surface area contributed by atoms with Gasteiger partial charge in [-0.1, -0.05) is 18.2 Å². The minimum absolute atomic E-state index is 0.133. The summed E-state index contributed by atoms with van der Waals surface area (Å²) in [5.41, 5.74) is 1.44. The first-order chi connectivity index (χ1) is 11.1. The summed E-state index contributed by atoms with van der Waals surface area (Å²) >= 11 is 0. The molecule has 120 valence electrons. The van der Waals surface area contributed by atoms with Crippen LogP contribution in [0.15, 0.2) is 48.5 Å². The van der Waals surface area contributed by atoms with E-state index in [2.05, 4.69) is 4.90 Å². The van der Waals surface area contributed by atoms with Crippen molar-refractivity contribution in [3.63, 3.8) is 0 Å². The minimum atomic E-state index is -0.397. The first-order valence-electron chi connectivity index (χ1n) is 7.63. The second kappa shape index (κ2) is 6.87. The van der Waals surface area contributed by atoms with E-state index >= 15 is 0 Å². The Morgan fingerprint density at radius 2 is 1.61 bits per heavy atom. The summed E-state index contributed by atoms with van der Waals surface area (Å²) in [5, 5.41) is 0. The average molecular weight is 316 g/mol. The summed E-state index contributed by atoms with van der Waals surface area (Å²) in [5.74, 6) is -0.768. The van der Waals surface area contributed by atoms with E-state index in [0.717, 1.165) is 25.2 Å². The van der Waals surface area contributed by atoms with Crippen LogP contribution in [0.25, 0.3) is 0 Å². The van der Waals surface area contributed by atoms with Gasteiger partial charge in [-0.25, -0.2) is 8.78 Å². The molecule has 0 unspecified atom stereocenters. The molecule has 0 N–H and O–H groups in total. The van der Waals surface area contributed by atoms with Crippen LogP contribution in [0.2, 0.25) is 0 Å². The Bertz CT molecular complexity index is 680. The molecule has 0 atom stereocenters. The van der Waals surface area contributed by atoms with Crippen molar-refractivity contribution in [2.75, 3.05) is 26.2 Å². The van der Waals surface area contributed by atoms with Crippen LogP contribution in [0.4, 0.5) is 8.78 Å². The molecule has 5 heteroatoms. The van der Waals surface area contributed by atoms with Crippen LogP contribution in [0.5, 0.6) is 0 Å². The second-order valence-electron chi connectivity index (χ2n) is 5.71. The van der Waals surface area contributed by atoms with Gasteiger partial charge in [-0.15, -0.1) is 0 Å². The fourth-order valence-electron chi connectivity index (χ4n) is 2.76. The van der Waals surface area contributed by atoms with Gasteiger partial charge < -0.3 is 4.90 Å². The quantitative estimate of drug-likeness (QED) is 0.869. The van der Waals surface area contributed by atoms with E-state index in [9.17, 15) is 13.6 Å². The topological polar surface area (TPSA) is 23.6 Å². The van der Waals surface area contributed by atoms with Gasteiger partial charge in [0.15, 0.2) is 0 Å². The molecule has 0 aromatic heterocycles. The van der Waals surface area contributed by atoms with Gasteiger partial charge in [0.25, 0.3) is 5.91 Å². The van der Waals surface area contributed by atoms with Crippen LogP contribution in [0, 0.1) is 11.6 Å². The standard InChI is InChI=1S/C18H18F2N2O/c19-16-6-4-14(5-7-16)13-21-8-10-22(11-9-21)18(23)15-2-1-3-17(20)12-15/h1-7,12H,8-11,13H2. The molecule has 2 aromatic carbocycles. The molecule has 1 aliphatic heterocycles. The number of benzene rings is 2. The van der Waals surface area contributed by atoms with Crippen molar-refractivity contribution < 1.29 is 13.6 Å². The normalized spacial score (nSPS) is 15.7. The summed E-state index contributed by atoms with van der Waals surface area (Å²) in [7, 11) is 0. The molecule has 23 heavy (non-hydrogen) atoms. The van der Waals surface area contributed by atoms with Crippen molar-refractivity contribution in [1.82, 2.24) is 9.80 Å². The molecule has 0 radical (unpaired) electrons. The minimum Gasteiger partial charge on any atom is -0.336 e. The highest BCUT2D eigenvalue weighted by molar-refractivity contribution is 5.94. The smallest absolute Gasteiger partial charge is 0.254 e. The molecule has 1 saturated heterocycles. The number of carbonyl (C=O) groups is 1. The van der Waals surface area contributed by atoms with Crippen LogP contribution in [-0.2, 0) is 6.54 Å². The van der Waals surface area contributed by atoms with E-state index in [1.165, 1.54) is 24.3 Å². The van der Waals surface area contributed by atoms with Gasteiger partial charge in [-0.2, -0.15) is 0 Å². The lowest BCUT2D eigenvalue weighted by molar-refractivity contribution is 0.0628. The van der Waals surface area contributed by atoms with Crippen molar-refractivity contribution in [3.05, 3.63) is 71.3 Å². The molecule has 3 rings (SSSR count). The fourth-order valence-corrected chi connectivity index (χ4v) is 2.76. The zero-order chi connectivity index (χ0) is 16.2. The molecule has 2 aromatic rings. The maximum absolute atomic E-state index is 13.2. The zero-order valence-corrected chi connectivity index (χ0v) is 12.7.